The van der Waals surface area contributed by atoms with E-state index in [2.05, 4.69) is 9.98 Å². The number of nitrogens with zero attached hydrogens (tertiary/aromatic N) is 2. The first kappa shape index (κ1) is 28.4. The molecule has 0 aromatic heterocycles. The highest BCUT2D eigenvalue weighted by Crippen LogP contribution is 2.37. The van der Waals surface area contributed by atoms with Gasteiger partial charge in [-0.15, -0.1) is 0 Å². The van der Waals surface area contributed by atoms with E-state index in [0.29, 0.717) is 22.5 Å². The van der Waals surface area contributed by atoms with E-state index in [4.69, 9.17) is 0 Å². The molecule has 46 heavy (non-hydrogen) atoms. The van der Waals surface area contributed by atoms with Crippen molar-refractivity contribution in [3.63, 3.8) is 0 Å². The Bertz CT molecular complexity index is 2140. The number of aromatic hydroxyl groups is 4. The molecule has 222 valence electrons. The molecule has 6 nitrogen and oxygen atoms in total. The van der Waals surface area contributed by atoms with Gasteiger partial charge >= 0.3 is 0 Å². The second-order valence-electron chi connectivity index (χ2n) is 10.9. The maximum atomic E-state index is 10.6. The summed E-state index contributed by atoms with van der Waals surface area (Å²) in [5.74, 6) is 0.297. The van der Waals surface area contributed by atoms with E-state index in [1.54, 1.807) is 36.7 Å². The van der Waals surface area contributed by atoms with Crippen LogP contribution in [0.15, 0.2) is 143 Å². The predicted molar refractivity (Wildman–Crippen MR) is 186 cm³/mol. The van der Waals surface area contributed by atoms with Crippen molar-refractivity contribution in [2.24, 2.45) is 9.98 Å². The van der Waals surface area contributed by atoms with Gasteiger partial charge in [0, 0.05) is 34.3 Å². The molecule has 0 spiro atoms. The minimum Gasteiger partial charge on any atom is -0.507 e. The largest absolute Gasteiger partial charge is 0.507 e. The summed E-state index contributed by atoms with van der Waals surface area (Å²) in [6.07, 6.45) is 3.12. The lowest BCUT2D eigenvalue weighted by atomic mass is 9.98. The maximum absolute atomic E-state index is 10.6. The van der Waals surface area contributed by atoms with Crippen molar-refractivity contribution < 1.29 is 20.4 Å². The zero-order valence-corrected chi connectivity index (χ0v) is 24.5. The molecule has 6 heteroatoms. The van der Waals surface area contributed by atoms with Crippen LogP contribution in [0.25, 0.3) is 43.8 Å². The fourth-order valence-corrected chi connectivity index (χ4v) is 5.56. The molecule has 0 aliphatic rings. The molecule has 0 atom stereocenters. The molecule has 0 fully saturated rings. The molecule has 0 saturated carbocycles. The number of benzene rings is 7. The third-order valence-corrected chi connectivity index (χ3v) is 8.03. The van der Waals surface area contributed by atoms with Gasteiger partial charge in [0.2, 0.25) is 0 Å². The molecule has 0 heterocycles. The molecule has 0 amide bonds. The normalized spacial score (nSPS) is 11.7. The number of hydrogen-bond acceptors (Lipinski definition) is 6. The number of phenols is 4. The fraction of sp³-hybridized carbons (Fsp3) is 0. The van der Waals surface area contributed by atoms with Crippen molar-refractivity contribution in [2.45, 2.75) is 0 Å². The van der Waals surface area contributed by atoms with Crippen LogP contribution in [-0.2, 0) is 0 Å². The number of rotatable bonds is 6. The van der Waals surface area contributed by atoms with Gasteiger partial charge in [0.05, 0.1) is 0 Å². The van der Waals surface area contributed by atoms with Crippen LogP contribution in [0.4, 0.5) is 11.4 Å². The third kappa shape index (κ3) is 5.51. The lowest BCUT2D eigenvalue weighted by Crippen LogP contribution is -1.88. The summed E-state index contributed by atoms with van der Waals surface area (Å²) >= 11 is 0. The number of phenolic OH excluding ortho intramolecular Hbond substituents is 4. The molecular weight excluding hydrogens is 572 g/mol. The zero-order chi connectivity index (χ0) is 31.6. The van der Waals surface area contributed by atoms with Crippen molar-refractivity contribution in [1.82, 2.24) is 0 Å². The van der Waals surface area contributed by atoms with Gasteiger partial charge in [-0.05, 0) is 69.4 Å². The summed E-state index contributed by atoms with van der Waals surface area (Å²) in [4.78, 5) is 9.09. The maximum Gasteiger partial charge on any atom is 0.141 e. The smallest absolute Gasteiger partial charge is 0.141 e. The van der Waals surface area contributed by atoms with Gasteiger partial charge in [-0.1, -0.05) is 97.1 Å². The van der Waals surface area contributed by atoms with Gasteiger partial charge in [0.1, 0.15) is 34.4 Å². The van der Waals surface area contributed by atoms with E-state index in [9.17, 15) is 20.4 Å². The number of fused-ring (bicyclic) bond motifs is 2. The van der Waals surface area contributed by atoms with Crippen LogP contribution in [0, 0.1) is 0 Å². The average molecular weight is 601 g/mol. The Labute approximate surface area is 265 Å². The first-order valence-electron chi connectivity index (χ1n) is 14.7. The van der Waals surface area contributed by atoms with Crippen molar-refractivity contribution in [2.75, 3.05) is 0 Å². The first-order chi connectivity index (χ1) is 22.4. The minimum atomic E-state index is 0.0663. The second-order valence-corrected chi connectivity index (χ2v) is 10.9. The molecular formula is C40H28N2O4. The number of hydrogen-bond donors (Lipinski definition) is 4. The molecule has 4 N–H and O–H groups in total. The molecule has 7 aromatic rings. The fourth-order valence-electron chi connectivity index (χ4n) is 5.56. The summed E-state index contributed by atoms with van der Waals surface area (Å²) in [7, 11) is 0. The molecule has 0 bridgehead atoms. The molecule has 0 saturated heterocycles. The van der Waals surface area contributed by atoms with Gasteiger partial charge in [0.15, 0.2) is 0 Å². The highest BCUT2D eigenvalue weighted by molar-refractivity contribution is 6.00. The molecule has 7 rings (SSSR count). The Balaban J connectivity index is 1.15. The van der Waals surface area contributed by atoms with E-state index in [-0.39, 0.29) is 23.0 Å². The van der Waals surface area contributed by atoms with E-state index in [1.807, 2.05) is 109 Å². The molecule has 0 aliphatic heterocycles. The Morgan fingerprint density at radius 1 is 0.370 bits per heavy atom. The van der Waals surface area contributed by atoms with Crippen molar-refractivity contribution in [1.29, 1.82) is 0 Å². The van der Waals surface area contributed by atoms with Crippen LogP contribution < -0.4 is 0 Å². The zero-order valence-electron chi connectivity index (χ0n) is 24.5. The van der Waals surface area contributed by atoms with Crippen LogP contribution >= 0.6 is 0 Å². The Morgan fingerprint density at radius 3 is 1.17 bits per heavy atom. The summed E-state index contributed by atoms with van der Waals surface area (Å²) < 4.78 is 0. The third-order valence-electron chi connectivity index (χ3n) is 8.03. The van der Waals surface area contributed by atoms with Gasteiger partial charge in [-0.25, -0.2) is 0 Å². The quantitative estimate of drug-likeness (QED) is 0.143. The minimum absolute atomic E-state index is 0.0663. The Kier molecular flexibility index (Phi) is 7.37. The predicted octanol–water partition coefficient (Wildman–Crippen LogP) is 9.65. The van der Waals surface area contributed by atoms with Crippen LogP contribution in [0.5, 0.6) is 23.0 Å². The summed E-state index contributed by atoms with van der Waals surface area (Å²) in [6.45, 7) is 0. The van der Waals surface area contributed by atoms with Crippen molar-refractivity contribution in [3.8, 4) is 45.3 Å². The lowest BCUT2D eigenvalue weighted by molar-refractivity contribution is 0.474. The summed E-state index contributed by atoms with van der Waals surface area (Å²) in [6, 6.07) is 40.9. The highest BCUT2D eigenvalue weighted by atomic mass is 16.3. The van der Waals surface area contributed by atoms with Crippen LogP contribution in [-0.4, -0.2) is 32.9 Å². The van der Waals surface area contributed by atoms with E-state index in [0.717, 1.165) is 43.8 Å². The lowest BCUT2D eigenvalue weighted by Gasteiger charge is -2.09. The van der Waals surface area contributed by atoms with Crippen molar-refractivity contribution >= 4 is 45.3 Å². The topological polar surface area (TPSA) is 106 Å². The molecule has 0 unspecified atom stereocenters. The molecule has 0 radical (unpaired) electrons. The summed E-state index contributed by atoms with van der Waals surface area (Å²) in [5.41, 5.74) is 5.60. The Morgan fingerprint density at radius 2 is 0.739 bits per heavy atom. The van der Waals surface area contributed by atoms with Crippen molar-refractivity contribution in [3.05, 3.63) is 145 Å². The Hall–Kier alpha value is -6.40. The molecule has 0 aliphatic carbocycles. The summed E-state index contributed by atoms with van der Waals surface area (Å²) in [5, 5.41) is 45.6. The number of aliphatic imine (C=N–C) groups is 2. The van der Waals surface area contributed by atoms with Gasteiger partial charge < -0.3 is 20.4 Å². The van der Waals surface area contributed by atoms with Gasteiger partial charge in [-0.2, -0.15) is 0 Å². The van der Waals surface area contributed by atoms with Gasteiger partial charge in [-0.3, -0.25) is 9.98 Å². The van der Waals surface area contributed by atoms with E-state index in [1.165, 1.54) is 0 Å². The van der Waals surface area contributed by atoms with E-state index < -0.39 is 0 Å². The van der Waals surface area contributed by atoms with Gasteiger partial charge in [0.25, 0.3) is 0 Å². The average Bonchev–Trinajstić information content (AvgIpc) is 3.09. The van der Waals surface area contributed by atoms with E-state index >= 15 is 0 Å². The molecule has 7 aromatic carbocycles. The van der Waals surface area contributed by atoms with Crippen LogP contribution in [0.2, 0.25) is 0 Å². The monoisotopic (exact) mass is 600 g/mol. The SMILES string of the molecule is Oc1ccc(-c2ccc(-c3ccc(O)c(C=Nc4c(O)ccc5ccccc45)c3)cc2)cc1C=Nc1c(O)ccc2ccccc12. The standard InChI is InChI=1S/C40H28N2O4/c43-35-17-15-29(21-31(35)23-41-39-33-7-3-1-5-27(33)13-19-37(39)45)25-9-11-26(12-10-25)30-16-18-36(44)32(22-30)24-42-40-34-8-4-2-6-28(34)14-20-38(40)46/h1-24,43-46H. The second kappa shape index (κ2) is 11.9. The highest BCUT2D eigenvalue weighted by Gasteiger charge is 2.10. The van der Waals surface area contributed by atoms with Crippen LogP contribution in [0.1, 0.15) is 11.1 Å². The first-order valence-corrected chi connectivity index (χ1v) is 14.7. The van der Waals surface area contributed by atoms with Crippen LogP contribution in [0.3, 0.4) is 0 Å².